The van der Waals surface area contributed by atoms with Crippen molar-refractivity contribution in [2.75, 3.05) is 19.0 Å². The number of carbonyl (C=O) groups is 1. The number of nitrogens with zero attached hydrogens (tertiary/aromatic N) is 3. The summed E-state index contributed by atoms with van der Waals surface area (Å²) < 4.78 is 17.8. The molecule has 1 amide bonds. The highest BCUT2D eigenvalue weighted by molar-refractivity contribution is 6.09. The van der Waals surface area contributed by atoms with E-state index in [-0.39, 0.29) is 17.0 Å². The van der Waals surface area contributed by atoms with Crippen LogP contribution in [0.2, 0.25) is 0 Å². The third kappa shape index (κ3) is 5.34. The Morgan fingerprint density at radius 2 is 1.75 bits per heavy atom. The molecule has 1 N–H and O–H groups in total. The summed E-state index contributed by atoms with van der Waals surface area (Å²) >= 11 is 0. The molecule has 0 radical (unpaired) electrons. The van der Waals surface area contributed by atoms with Gasteiger partial charge in [0.25, 0.3) is 11.5 Å². The SMILES string of the molecule is CCOc1ccc(NC(=O)C(C#N)=Cc2c(Oc3ccc(OC)cc3)nc3ccccn3c2=O)cc1. The molecule has 0 spiro atoms. The average molecular weight is 482 g/mol. The number of fused-ring (bicyclic) bond motifs is 1. The molecule has 4 rings (SSSR count). The lowest BCUT2D eigenvalue weighted by Gasteiger charge is -2.11. The van der Waals surface area contributed by atoms with E-state index in [1.54, 1.807) is 80.0 Å². The van der Waals surface area contributed by atoms with Crippen molar-refractivity contribution in [2.24, 2.45) is 0 Å². The number of benzene rings is 2. The summed E-state index contributed by atoms with van der Waals surface area (Å²) in [6.45, 7) is 2.39. The molecule has 9 nitrogen and oxygen atoms in total. The van der Waals surface area contributed by atoms with Crippen LogP contribution in [0.4, 0.5) is 5.69 Å². The van der Waals surface area contributed by atoms with E-state index < -0.39 is 11.5 Å². The standard InChI is InChI=1S/C27H22N4O5/c1-3-35-21-9-7-19(8-10-21)29-25(32)18(17-28)16-23-26(36-22-13-11-20(34-2)12-14-22)30-24-6-4-5-15-31(24)27(23)33/h4-16H,3H2,1-2H3,(H,29,32). The van der Waals surface area contributed by atoms with Crippen LogP contribution in [0.25, 0.3) is 11.7 Å². The number of amides is 1. The molecular formula is C27H22N4O5. The van der Waals surface area contributed by atoms with Gasteiger partial charge in [0.15, 0.2) is 0 Å². The number of aromatic nitrogens is 2. The number of hydrogen-bond donors (Lipinski definition) is 1. The minimum Gasteiger partial charge on any atom is -0.497 e. The van der Waals surface area contributed by atoms with Gasteiger partial charge in [-0.2, -0.15) is 10.2 Å². The Bertz CT molecular complexity index is 1520. The largest absolute Gasteiger partial charge is 0.497 e. The lowest BCUT2D eigenvalue weighted by molar-refractivity contribution is -0.112. The van der Waals surface area contributed by atoms with E-state index in [4.69, 9.17) is 14.2 Å². The van der Waals surface area contributed by atoms with E-state index in [1.165, 1.54) is 10.5 Å². The number of ether oxygens (including phenoxy) is 3. The Kier molecular flexibility index (Phi) is 7.27. The highest BCUT2D eigenvalue weighted by atomic mass is 16.5. The van der Waals surface area contributed by atoms with Gasteiger partial charge in [0, 0.05) is 11.9 Å². The number of nitriles is 1. The van der Waals surface area contributed by atoms with Crippen molar-refractivity contribution < 1.29 is 19.0 Å². The molecule has 0 unspecified atom stereocenters. The van der Waals surface area contributed by atoms with Crippen molar-refractivity contribution in [3.05, 3.63) is 94.4 Å². The van der Waals surface area contributed by atoms with Crippen molar-refractivity contribution in [1.29, 1.82) is 5.26 Å². The van der Waals surface area contributed by atoms with Crippen LogP contribution in [0, 0.1) is 11.3 Å². The molecule has 4 aromatic rings. The van der Waals surface area contributed by atoms with Crippen LogP contribution in [0.15, 0.2) is 83.3 Å². The summed E-state index contributed by atoms with van der Waals surface area (Å²) in [5.41, 5.74) is -0.0231. The van der Waals surface area contributed by atoms with Gasteiger partial charge < -0.3 is 19.5 Å². The lowest BCUT2D eigenvalue weighted by atomic mass is 10.1. The summed E-state index contributed by atoms with van der Waals surface area (Å²) in [6, 6.07) is 20.4. The maximum Gasteiger partial charge on any atom is 0.269 e. The predicted octanol–water partition coefficient (Wildman–Crippen LogP) is 4.44. The molecule has 2 heterocycles. The van der Waals surface area contributed by atoms with Gasteiger partial charge in [-0.3, -0.25) is 14.0 Å². The Morgan fingerprint density at radius 1 is 1.06 bits per heavy atom. The quantitative estimate of drug-likeness (QED) is 0.292. The number of methoxy groups -OCH3 is 1. The molecule has 0 bridgehead atoms. The van der Waals surface area contributed by atoms with Crippen molar-refractivity contribution in [3.63, 3.8) is 0 Å². The van der Waals surface area contributed by atoms with Crippen LogP contribution in [0.3, 0.4) is 0 Å². The first-order valence-corrected chi connectivity index (χ1v) is 11.0. The molecule has 0 saturated heterocycles. The molecule has 0 aliphatic heterocycles. The zero-order chi connectivity index (χ0) is 25.5. The molecule has 0 aliphatic carbocycles. The molecule has 0 atom stereocenters. The number of rotatable bonds is 8. The Hall–Kier alpha value is -5.10. The summed E-state index contributed by atoms with van der Waals surface area (Å²) in [4.78, 5) is 30.6. The number of nitrogens with one attached hydrogen (secondary N) is 1. The van der Waals surface area contributed by atoms with E-state index >= 15 is 0 Å². The fourth-order valence-corrected chi connectivity index (χ4v) is 3.33. The van der Waals surface area contributed by atoms with Gasteiger partial charge in [0.1, 0.15) is 40.1 Å². The number of carbonyl (C=O) groups excluding carboxylic acids is 1. The topological polar surface area (TPSA) is 115 Å². The Balaban J connectivity index is 1.72. The third-order valence-electron chi connectivity index (χ3n) is 5.08. The highest BCUT2D eigenvalue weighted by Gasteiger charge is 2.17. The van der Waals surface area contributed by atoms with Crippen LogP contribution < -0.4 is 25.1 Å². The van der Waals surface area contributed by atoms with E-state index in [0.717, 1.165) is 0 Å². The molecule has 2 aromatic heterocycles. The first-order chi connectivity index (χ1) is 17.5. The number of anilines is 1. The van der Waals surface area contributed by atoms with Crippen LogP contribution in [0.1, 0.15) is 12.5 Å². The maximum absolute atomic E-state index is 13.3. The summed E-state index contributed by atoms with van der Waals surface area (Å²) in [5, 5.41) is 12.4. The molecule has 0 fully saturated rings. The van der Waals surface area contributed by atoms with Gasteiger partial charge in [-0.25, -0.2) is 0 Å². The van der Waals surface area contributed by atoms with E-state index in [1.807, 2.05) is 13.0 Å². The van der Waals surface area contributed by atoms with Crippen LogP contribution in [-0.4, -0.2) is 29.0 Å². The maximum atomic E-state index is 13.3. The molecule has 2 aromatic carbocycles. The van der Waals surface area contributed by atoms with Gasteiger partial charge in [0.2, 0.25) is 5.88 Å². The van der Waals surface area contributed by atoms with Gasteiger partial charge in [-0.15, -0.1) is 0 Å². The first kappa shape index (κ1) is 24.0. The monoisotopic (exact) mass is 482 g/mol. The minimum atomic E-state index is -0.686. The highest BCUT2D eigenvalue weighted by Crippen LogP contribution is 2.26. The number of hydrogen-bond acceptors (Lipinski definition) is 7. The molecule has 180 valence electrons. The Labute approximate surface area is 206 Å². The molecule has 0 saturated carbocycles. The molecule has 0 aliphatic rings. The second kappa shape index (κ2) is 10.9. The fraction of sp³-hybridized carbons (Fsp3) is 0.111. The normalized spacial score (nSPS) is 11.0. The fourth-order valence-electron chi connectivity index (χ4n) is 3.33. The van der Waals surface area contributed by atoms with Crippen LogP contribution in [0.5, 0.6) is 23.1 Å². The van der Waals surface area contributed by atoms with Crippen LogP contribution >= 0.6 is 0 Å². The molecule has 9 heteroatoms. The van der Waals surface area contributed by atoms with Crippen molar-refractivity contribution in [1.82, 2.24) is 9.38 Å². The third-order valence-corrected chi connectivity index (χ3v) is 5.08. The summed E-state index contributed by atoms with van der Waals surface area (Å²) in [7, 11) is 1.55. The second-order valence-electron chi connectivity index (χ2n) is 7.42. The van der Waals surface area contributed by atoms with Crippen molar-refractivity contribution >= 4 is 23.3 Å². The Morgan fingerprint density at radius 3 is 2.42 bits per heavy atom. The summed E-state index contributed by atoms with van der Waals surface area (Å²) in [5.74, 6) is 0.955. The molecular weight excluding hydrogens is 460 g/mol. The zero-order valence-corrected chi connectivity index (χ0v) is 19.6. The smallest absolute Gasteiger partial charge is 0.269 e. The van der Waals surface area contributed by atoms with Crippen molar-refractivity contribution in [2.45, 2.75) is 6.92 Å². The van der Waals surface area contributed by atoms with E-state index in [9.17, 15) is 14.9 Å². The van der Waals surface area contributed by atoms with Gasteiger partial charge >= 0.3 is 0 Å². The van der Waals surface area contributed by atoms with Gasteiger partial charge in [-0.05, 0) is 73.7 Å². The first-order valence-electron chi connectivity index (χ1n) is 11.0. The van der Waals surface area contributed by atoms with E-state index in [2.05, 4.69) is 10.3 Å². The number of pyridine rings is 1. The molecule has 36 heavy (non-hydrogen) atoms. The summed E-state index contributed by atoms with van der Waals surface area (Å²) in [6.07, 6.45) is 2.72. The zero-order valence-electron chi connectivity index (χ0n) is 19.6. The predicted molar refractivity (Wildman–Crippen MR) is 134 cm³/mol. The second-order valence-corrected chi connectivity index (χ2v) is 7.42. The minimum absolute atomic E-state index is 0.0435. The van der Waals surface area contributed by atoms with Gasteiger partial charge in [0.05, 0.1) is 13.7 Å². The average Bonchev–Trinajstić information content (AvgIpc) is 2.90. The lowest BCUT2D eigenvalue weighted by Crippen LogP contribution is -2.20. The van der Waals surface area contributed by atoms with E-state index in [0.29, 0.717) is 35.2 Å². The van der Waals surface area contributed by atoms with Crippen LogP contribution in [-0.2, 0) is 4.79 Å². The van der Waals surface area contributed by atoms with Crippen molar-refractivity contribution in [3.8, 4) is 29.2 Å². The van der Waals surface area contributed by atoms with Gasteiger partial charge in [-0.1, -0.05) is 6.07 Å².